The summed E-state index contributed by atoms with van der Waals surface area (Å²) in [6, 6.07) is 5.13. The van der Waals surface area contributed by atoms with Crippen LogP contribution >= 0.6 is 23.2 Å². The van der Waals surface area contributed by atoms with Gasteiger partial charge in [-0.1, -0.05) is 29.3 Å². The third-order valence-electron chi connectivity index (χ3n) is 1.32. The van der Waals surface area contributed by atoms with Crippen molar-refractivity contribution in [1.29, 1.82) is 0 Å². The van der Waals surface area contributed by atoms with E-state index in [4.69, 9.17) is 23.2 Å². The highest BCUT2D eigenvalue weighted by Crippen LogP contribution is 2.13. The summed E-state index contributed by atoms with van der Waals surface area (Å²) in [6.07, 6.45) is 0. The van der Waals surface area contributed by atoms with Crippen LogP contribution in [0.3, 0.4) is 0 Å². The van der Waals surface area contributed by atoms with Crippen molar-refractivity contribution in [3.05, 3.63) is 28.2 Å². The van der Waals surface area contributed by atoms with Gasteiger partial charge in [0, 0.05) is 10.0 Å². The first kappa shape index (κ1) is 9.07. The number of benzene rings is 1. The second-order valence-corrected chi connectivity index (χ2v) is 4.76. The molecule has 0 unspecified atom stereocenters. The summed E-state index contributed by atoms with van der Waals surface area (Å²) in [5.41, 5.74) is 0. The van der Waals surface area contributed by atoms with Gasteiger partial charge in [-0.15, -0.1) is 0 Å². The maximum Gasteiger partial charge on any atom is 0.241 e. The lowest BCUT2D eigenvalue weighted by atomic mass is 10.4. The summed E-state index contributed by atoms with van der Waals surface area (Å²) in [5, 5.41) is 1.96. The van der Waals surface area contributed by atoms with Gasteiger partial charge in [-0.2, -0.15) is 0 Å². The first-order valence-corrected chi connectivity index (χ1v) is 5.79. The van der Waals surface area contributed by atoms with Crippen molar-refractivity contribution in [3.63, 3.8) is 0 Å². The van der Waals surface area contributed by atoms with Crippen LogP contribution in [0.25, 0.3) is 0 Å². The molecule has 0 atom stereocenters. The van der Waals surface area contributed by atoms with Crippen LogP contribution in [0.15, 0.2) is 18.2 Å². The van der Waals surface area contributed by atoms with Crippen LogP contribution in [0.2, 0.25) is 16.6 Å². The molecule has 59 valence electrons. The Labute approximate surface area is 77.3 Å². The first-order chi connectivity index (χ1) is 5.11. The molecule has 0 spiro atoms. The Kier molecular flexibility index (Phi) is 2.95. The predicted octanol–water partition coefficient (Wildman–Crippen LogP) is 1.81. The molecule has 0 bridgehead atoms. The van der Waals surface area contributed by atoms with Gasteiger partial charge in [0.15, 0.2) is 0 Å². The highest BCUT2D eigenvalue weighted by Gasteiger charge is 2.08. The second kappa shape index (κ2) is 3.58. The zero-order chi connectivity index (χ0) is 8.43. The van der Waals surface area contributed by atoms with Crippen LogP contribution in [0.1, 0.15) is 0 Å². The quantitative estimate of drug-likeness (QED) is 0.695. The zero-order valence-corrected chi connectivity index (χ0v) is 8.45. The van der Waals surface area contributed by atoms with E-state index in [1.54, 1.807) is 24.7 Å². The fourth-order valence-electron chi connectivity index (χ4n) is 0.783. The van der Waals surface area contributed by atoms with Gasteiger partial charge in [0.2, 0.25) is 9.04 Å². The molecule has 0 saturated carbocycles. The third-order valence-corrected chi connectivity index (χ3v) is 3.24. The first-order valence-electron chi connectivity index (χ1n) is 3.09. The number of halogens is 2. The number of rotatable bonds is 1. The predicted molar refractivity (Wildman–Crippen MR) is 49.9 cm³/mol. The molecule has 1 rings (SSSR count). The Morgan fingerprint density at radius 3 is 2.45 bits per heavy atom. The Hall–Kier alpha value is -0.0231. The van der Waals surface area contributed by atoms with E-state index in [2.05, 4.69) is 0 Å². The van der Waals surface area contributed by atoms with Gasteiger partial charge < -0.3 is 4.80 Å². The third kappa shape index (κ3) is 2.20. The van der Waals surface area contributed by atoms with E-state index in [1.807, 2.05) is 0 Å². The zero-order valence-electron chi connectivity index (χ0n) is 5.94. The van der Waals surface area contributed by atoms with E-state index in [1.165, 1.54) is 0 Å². The van der Waals surface area contributed by atoms with Crippen LogP contribution in [0.5, 0.6) is 0 Å². The lowest BCUT2D eigenvalue weighted by molar-refractivity contribution is 0.594. The summed E-state index contributed by atoms with van der Waals surface area (Å²) >= 11 is 11.5. The molecule has 11 heavy (non-hydrogen) atoms. The average molecular weight is 206 g/mol. The van der Waals surface area contributed by atoms with E-state index in [9.17, 15) is 4.80 Å². The number of hydrogen-bond donors (Lipinski definition) is 1. The van der Waals surface area contributed by atoms with Crippen molar-refractivity contribution < 1.29 is 4.80 Å². The monoisotopic (exact) mass is 205 g/mol. The molecular weight excluding hydrogens is 199 g/mol. The standard InChI is InChI=1S/C7H7Cl2OSi/c1-11(10)7-3-2-5(8)4-6(7)9/h2-4,10H,1H3. The molecule has 0 heterocycles. The minimum atomic E-state index is -1.45. The van der Waals surface area contributed by atoms with Crippen LogP contribution < -0.4 is 5.19 Å². The summed E-state index contributed by atoms with van der Waals surface area (Å²) in [4.78, 5) is 9.27. The number of hydrogen-bond acceptors (Lipinski definition) is 1. The molecule has 0 fully saturated rings. The van der Waals surface area contributed by atoms with E-state index in [0.29, 0.717) is 10.0 Å². The summed E-state index contributed by atoms with van der Waals surface area (Å²) in [5.74, 6) is 0. The summed E-state index contributed by atoms with van der Waals surface area (Å²) in [7, 11) is -1.45. The molecule has 1 aromatic rings. The lowest BCUT2D eigenvalue weighted by Crippen LogP contribution is -2.26. The van der Waals surface area contributed by atoms with Crippen molar-refractivity contribution in [2.24, 2.45) is 0 Å². The van der Waals surface area contributed by atoms with Crippen LogP contribution in [0, 0.1) is 0 Å². The van der Waals surface area contributed by atoms with Crippen LogP contribution in [-0.4, -0.2) is 13.8 Å². The minimum Gasteiger partial charge on any atom is -0.427 e. The summed E-state index contributed by atoms with van der Waals surface area (Å²) < 4.78 is 0. The molecule has 0 amide bonds. The Balaban J connectivity index is 3.09. The molecule has 0 aliphatic carbocycles. The minimum absolute atomic E-state index is 0.552. The Morgan fingerprint density at radius 1 is 1.36 bits per heavy atom. The topological polar surface area (TPSA) is 20.2 Å². The molecule has 1 aromatic carbocycles. The van der Waals surface area contributed by atoms with Gasteiger partial charge in [0.25, 0.3) is 0 Å². The van der Waals surface area contributed by atoms with Gasteiger partial charge in [0.05, 0.1) is 0 Å². The lowest BCUT2D eigenvalue weighted by Gasteiger charge is -2.03. The van der Waals surface area contributed by atoms with E-state index in [0.717, 1.165) is 5.19 Å². The van der Waals surface area contributed by atoms with Crippen molar-refractivity contribution in [3.8, 4) is 0 Å². The maximum absolute atomic E-state index is 9.27. The highest BCUT2D eigenvalue weighted by molar-refractivity contribution is 6.68. The Bertz CT molecular complexity index is 263. The molecule has 1 N–H and O–H groups in total. The molecule has 0 saturated heterocycles. The van der Waals surface area contributed by atoms with Crippen LogP contribution in [-0.2, 0) is 0 Å². The molecular formula is C7H7Cl2OSi. The van der Waals surface area contributed by atoms with Crippen molar-refractivity contribution in [1.82, 2.24) is 0 Å². The second-order valence-electron chi connectivity index (χ2n) is 2.21. The summed E-state index contributed by atoms with van der Waals surface area (Å²) in [6.45, 7) is 1.76. The largest absolute Gasteiger partial charge is 0.427 e. The normalized spacial score (nSPS) is 10.6. The average Bonchev–Trinajstić information content (AvgIpc) is 1.85. The van der Waals surface area contributed by atoms with Crippen LogP contribution in [0.4, 0.5) is 0 Å². The molecule has 0 aliphatic heterocycles. The molecule has 0 aromatic heterocycles. The highest BCUT2D eigenvalue weighted by atomic mass is 35.5. The smallest absolute Gasteiger partial charge is 0.241 e. The SMILES string of the molecule is C[Si](O)c1ccc(Cl)cc1Cl. The van der Waals surface area contributed by atoms with Gasteiger partial charge >= 0.3 is 0 Å². The molecule has 1 nitrogen and oxygen atoms in total. The molecule has 4 heteroatoms. The van der Waals surface area contributed by atoms with Crippen molar-refractivity contribution in [2.75, 3.05) is 0 Å². The van der Waals surface area contributed by atoms with Gasteiger partial charge in [-0.05, 0) is 23.9 Å². The van der Waals surface area contributed by atoms with Crippen molar-refractivity contribution >= 4 is 37.4 Å². The molecule has 0 aliphatic rings. The fraction of sp³-hybridized carbons (Fsp3) is 0.143. The van der Waals surface area contributed by atoms with Gasteiger partial charge in [-0.25, -0.2) is 0 Å². The fourth-order valence-corrected chi connectivity index (χ4v) is 2.34. The van der Waals surface area contributed by atoms with E-state index in [-0.39, 0.29) is 0 Å². The van der Waals surface area contributed by atoms with E-state index < -0.39 is 9.04 Å². The maximum atomic E-state index is 9.27. The van der Waals surface area contributed by atoms with E-state index >= 15 is 0 Å². The Morgan fingerprint density at radius 2 is 2.00 bits per heavy atom. The van der Waals surface area contributed by atoms with Gasteiger partial charge in [0.1, 0.15) is 0 Å². The van der Waals surface area contributed by atoms with Gasteiger partial charge in [-0.3, -0.25) is 0 Å². The molecule has 1 radical (unpaired) electrons. The van der Waals surface area contributed by atoms with Crippen molar-refractivity contribution in [2.45, 2.75) is 6.55 Å².